The molecule has 2 aromatic heterocycles. The van der Waals surface area contributed by atoms with Gasteiger partial charge in [-0.05, 0) is 84.6 Å². The van der Waals surface area contributed by atoms with E-state index < -0.39 is 17.7 Å². The van der Waals surface area contributed by atoms with Gasteiger partial charge in [0.1, 0.15) is 17.4 Å². The third-order valence-corrected chi connectivity index (χ3v) is 9.12. The van der Waals surface area contributed by atoms with Crippen LogP contribution in [0.5, 0.6) is 5.75 Å². The molecule has 3 aliphatic heterocycles. The normalized spacial score (nSPS) is 21.5. The Labute approximate surface area is 281 Å². The van der Waals surface area contributed by atoms with Crippen LogP contribution in [0.3, 0.4) is 0 Å². The van der Waals surface area contributed by atoms with Gasteiger partial charge in [-0.2, -0.15) is 9.61 Å². The van der Waals surface area contributed by atoms with Gasteiger partial charge in [0.25, 0.3) is 0 Å². The molecule has 0 amide bonds. The Morgan fingerprint density at radius 2 is 1.83 bits per heavy atom. The van der Waals surface area contributed by atoms with E-state index in [1.165, 1.54) is 0 Å². The second kappa shape index (κ2) is 13.0. The zero-order valence-corrected chi connectivity index (χ0v) is 28.8. The van der Waals surface area contributed by atoms with Crippen molar-refractivity contribution in [3.05, 3.63) is 77.3 Å². The monoisotopic (exact) mass is 656 g/mol. The van der Waals surface area contributed by atoms with Crippen molar-refractivity contribution < 1.29 is 28.5 Å². The fourth-order valence-corrected chi connectivity index (χ4v) is 6.52. The third kappa shape index (κ3) is 6.82. The zero-order valence-electron chi connectivity index (χ0n) is 28.8. The number of piperidine rings is 1. The maximum atomic E-state index is 15.9. The molecule has 0 spiro atoms. The molecule has 0 radical (unpaired) electrons. The molecule has 4 aromatic rings. The van der Waals surface area contributed by atoms with Crippen LogP contribution < -0.4 is 9.64 Å². The number of anilines is 1. The SMILES string of the molecule is Cc1ccc2c(c1F)-c1cccc(c1)-c1cc3nc(C)c([C@H](OC(C)(C)C)C(=O)O)c(n3n1)N1CCC(C)(CC1)OC/C=C\C[C@H](C)O2. The molecule has 2 aromatic carbocycles. The van der Waals surface area contributed by atoms with E-state index in [1.807, 2.05) is 83.2 Å². The fourth-order valence-electron chi connectivity index (χ4n) is 6.52. The van der Waals surface area contributed by atoms with Gasteiger partial charge in [0, 0.05) is 36.8 Å². The van der Waals surface area contributed by atoms with E-state index in [-0.39, 0.29) is 17.5 Å². The lowest BCUT2D eigenvalue weighted by Crippen LogP contribution is -2.45. The van der Waals surface area contributed by atoms with Crippen molar-refractivity contribution in [3.63, 3.8) is 0 Å². The standard InChI is InChI=1S/C38H45FN4O5/c1-23-14-15-29-32(33(23)39)27-13-10-12-26(21-27)28-22-30-40-25(3)31(34(36(44)45)48-37(4,5)6)35(43(30)41-28)42-18-16-38(7,17-19-42)46-20-9-8-11-24(2)47-29/h8-10,12-15,21-22,24,34H,11,16-20H2,1-7H3,(H,44,45)/b9-8-/t24-,34-/m0/s1. The Balaban J connectivity index is 1.56. The van der Waals surface area contributed by atoms with E-state index in [9.17, 15) is 9.90 Å². The van der Waals surface area contributed by atoms with E-state index in [2.05, 4.69) is 11.8 Å². The summed E-state index contributed by atoms with van der Waals surface area (Å²) in [6, 6.07) is 13.0. The van der Waals surface area contributed by atoms with Gasteiger partial charge in [0.2, 0.25) is 0 Å². The number of rotatable bonds is 3. The Morgan fingerprint density at radius 1 is 1.10 bits per heavy atom. The minimum atomic E-state index is -1.27. The lowest BCUT2D eigenvalue weighted by molar-refractivity contribution is -0.160. The molecule has 7 rings (SSSR count). The molecule has 0 aliphatic carbocycles. The van der Waals surface area contributed by atoms with Gasteiger partial charge in [0.15, 0.2) is 11.8 Å². The lowest BCUT2D eigenvalue weighted by Gasteiger charge is -2.41. The first-order valence-corrected chi connectivity index (χ1v) is 16.6. The highest BCUT2D eigenvalue weighted by molar-refractivity contribution is 5.80. The van der Waals surface area contributed by atoms with E-state index in [1.54, 1.807) is 17.5 Å². The average molecular weight is 657 g/mol. The van der Waals surface area contributed by atoms with Crippen molar-refractivity contribution >= 4 is 17.4 Å². The Morgan fingerprint density at radius 3 is 2.54 bits per heavy atom. The highest BCUT2D eigenvalue weighted by Gasteiger charge is 2.38. The Bertz CT molecular complexity index is 1870. The predicted octanol–water partition coefficient (Wildman–Crippen LogP) is 7.86. The quantitative estimate of drug-likeness (QED) is 0.223. The van der Waals surface area contributed by atoms with Gasteiger partial charge in [-0.3, -0.25) is 0 Å². The molecule has 48 heavy (non-hydrogen) atoms. The summed E-state index contributed by atoms with van der Waals surface area (Å²) in [5, 5.41) is 15.5. The smallest absolute Gasteiger partial charge is 0.337 e. The fraction of sp³-hybridized carbons (Fsp3) is 0.447. The number of ether oxygens (including phenoxy) is 3. The number of aryl methyl sites for hydroxylation is 2. The molecule has 1 saturated heterocycles. The lowest BCUT2D eigenvalue weighted by atomic mass is 9.92. The van der Waals surface area contributed by atoms with Crippen LogP contribution in [0.1, 0.15) is 76.8 Å². The summed E-state index contributed by atoms with van der Waals surface area (Å²) in [5.74, 6) is -0.321. The minimum absolute atomic E-state index is 0.188. The molecule has 6 bridgehead atoms. The van der Waals surface area contributed by atoms with Crippen molar-refractivity contribution in [1.29, 1.82) is 0 Å². The van der Waals surface area contributed by atoms with Crippen LogP contribution in [-0.2, 0) is 14.3 Å². The molecule has 0 saturated carbocycles. The zero-order chi connectivity index (χ0) is 34.4. The summed E-state index contributed by atoms with van der Waals surface area (Å²) in [4.78, 5) is 19.8. The summed E-state index contributed by atoms with van der Waals surface area (Å²) in [6.07, 6.45) is 4.71. The largest absolute Gasteiger partial charge is 0.490 e. The van der Waals surface area contributed by atoms with Gasteiger partial charge in [-0.1, -0.05) is 36.4 Å². The molecule has 5 heterocycles. The van der Waals surface area contributed by atoms with Crippen LogP contribution in [0.2, 0.25) is 0 Å². The van der Waals surface area contributed by atoms with Crippen LogP contribution in [0, 0.1) is 19.7 Å². The van der Waals surface area contributed by atoms with Gasteiger partial charge >= 0.3 is 5.97 Å². The first-order valence-electron chi connectivity index (χ1n) is 16.6. The minimum Gasteiger partial charge on any atom is -0.490 e. The summed E-state index contributed by atoms with van der Waals surface area (Å²) in [5.41, 5.74) is 3.49. The van der Waals surface area contributed by atoms with E-state index in [0.29, 0.717) is 77.0 Å². The topological polar surface area (TPSA) is 98.4 Å². The number of halogens is 1. The molecule has 0 unspecified atom stereocenters. The molecular weight excluding hydrogens is 611 g/mol. The molecule has 3 aliphatic rings. The van der Waals surface area contributed by atoms with E-state index in [4.69, 9.17) is 24.3 Å². The molecule has 2 atom stereocenters. The number of carboxylic acid groups (broad SMARTS) is 1. The maximum absolute atomic E-state index is 15.9. The number of carboxylic acids is 1. The number of carbonyl (C=O) groups is 1. The average Bonchev–Trinajstić information content (AvgIpc) is 3.44. The number of aromatic nitrogens is 3. The van der Waals surface area contributed by atoms with Gasteiger partial charge < -0.3 is 24.2 Å². The number of nitrogens with zero attached hydrogens (tertiary/aromatic N) is 4. The second-order valence-electron chi connectivity index (χ2n) is 14.2. The summed E-state index contributed by atoms with van der Waals surface area (Å²) < 4.78 is 36.5. The number of hydrogen-bond acceptors (Lipinski definition) is 7. The molecule has 1 fully saturated rings. The van der Waals surface area contributed by atoms with Crippen LogP contribution in [0.25, 0.3) is 28.0 Å². The van der Waals surface area contributed by atoms with Crippen molar-refractivity contribution in [2.45, 2.75) is 91.1 Å². The first kappa shape index (κ1) is 33.6. The van der Waals surface area contributed by atoms with Crippen molar-refractivity contribution in [2.75, 3.05) is 24.6 Å². The highest BCUT2D eigenvalue weighted by atomic mass is 19.1. The third-order valence-electron chi connectivity index (χ3n) is 9.12. The van der Waals surface area contributed by atoms with Crippen molar-refractivity contribution in [1.82, 2.24) is 14.6 Å². The number of aliphatic carboxylic acids is 1. The van der Waals surface area contributed by atoms with Crippen LogP contribution in [0.15, 0.2) is 54.6 Å². The van der Waals surface area contributed by atoms with Gasteiger partial charge in [-0.25, -0.2) is 14.2 Å². The second-order valence-corrected chi connectivity index (χ2v) is 14.2. The van der Waals surface area contributed by atoms with Crippen molar-refractivity contribution in [3.8, 4) is 28.1 Å². The van der Waals surface area contributed by atoms with Gasteiger partial charge in [0.05, 0.1) is 40.7 Å². The Hall–Kier alpha value is -4.28. The van der Waals surface area contributed by atoms with Crippen LogP contribution in [-0.4, -0.2) is 62.7 Å². The number of benzene rings is 2. The highest BCUT2D eigenvalue weighted by Crippen LogP contribution is 2.40. The summed E-state index contributed by atoms with van der Waals surface area (Å²) >= 11 is 0. The Kier molecular flexibility index (Phi) is 9.08. The van der Waals surface area contributed by atoms with Crippen molar-refractivity contribution in [2.24, 2.45) is 0 Å². The first-order chi connectivity index (χ1) is 22.7. The molecule has 10 heteroatoms. The molecule has 1 N–H and O–H groups in total. The van der Waals surface area contributed by atoms with Crippen LogP contribution >= 0.6 is 0 Å². The van der Waals surface area contributed by atoms with Crippen LogP contribution in [0.4, 0.5) is 10.2 Å². The van der Waals surface area contributed by atoms with E-state index in [0.717, 1.165) is 18.4 Å². The van der Waals surface area contributed by atoms with E-state index >= 15 is 4.39 Å². The number of hydrogen-bond donors (Lipinski definition) is 1. The number of fused-ring (bicyclic) bond motifs is 7. The maximum Gasteiger partial charge on any atom is 0.337 e. The molecule has 9 nitrogen and oxygen atoms in total. The summed E-state index contributed by atoms with van der Waals surface area (Å²) in [7, 11) is 0. The summed E-state index contributed by atoms with van der Waals surface area (Å²) in [6.45, 7) is 14.9. The predicted molar refractivity (Wildman–Crippen MR) is 184 cm³/mol. The van der Waals surface area contributed by atoms with Gasteiger partial charge in [-0.15, -0.1) is 0 Å². The molecular formula is C38H45FN4O5. The molecule has 254 valence electrons.